The molecule has 0 saturated carbocycles. The first kappa shape index (κ1) is 17.3. The number of ether oxygens (including phenoxy) is 2. The molecule has 0 aliphatic rings. The van der Waals surface area contributed by atoms with E-state index in [0.29, 0.717) is 31.0 Å². The lowest BCUT2D eigenvalue weighted by atomic mass is 9.89. The zero-order valence-electron chi connectivity index (χ0n) is 13.4. The lowest BCUT2D eigenvalue weighted by Crippen LogP contribution is -2.36. The molecular formula is C16H26N2O3. The van der Waals surface area contributed by atoms with E-state index < -0.39 is 0 Å². The van der Waals surface area contributed by atoms with E-state index in [1.165, 1.54) is 0 Å². The Bertz CT molecular complexity index is 473. The van der Waals surface area contributed by atoms with E-state index in [0.717, 1.165) is 12.0 Å². The molecule has 5 nitrogen and oxygen atoms in total. The van der Waals surface area contributed by atoms with Crippen LogP contribution in [0.1, 0.15) is 25.8 Å². The van der Waals surface area contributed by atoms with Gasteiger partial charge in [-0.2, -0.15) is 0 Å². The molecule has 0 aliphatic heterocycles. The molecule has 1 rings (SSSR count). The van der Waals surface area contributed by atoms with Crippen LogP contribution < -0.4 is 20.5 Å². The van der Waals surface area contributed by atoms with Crippen molar-refractivity contribution in [2.24, 2.45) is 11.1 Å². The Balaban J connectivity index is 2.59. The van der Waals surface area contributed by atoms with Gasteiger partial charge in [-0.05, 0) is 36.1 Å². The summed E-state index contributed by atoms with van der Waals surface area (Å²) in [6.45, 7) is 5.43. The number of amides is 1. The number of carbonyl (C=O) groups is 1. The van der Waals surface area contributed by atoms with Crippen LogP contribution in [0.2, 0.25) is 0 Å². The third-order valence-electron chi connectivity index (χ3n) is 3.40. The summed E-state index contributed by atoms with van der Waals surface area (Å²) < 4.78 is 10.4. The molecule has 0 bridgehead atoms. The molecule has 0 atom stereocenters. The van der Waals surface area contributed by atoms with Gasteiger partial charge >= 0.3 is 0 Å². The standard InChI is InChI=1S/C16H26N2O3/c1-16(2,7-8-17)11-18-15(19)10-12-5-6-13(20-3)14(9-12)21-4/h5-6,9H,7-8,10-11,17H2,1-4H3,(H,18,19). The van der Waals surface area contributed by atoms with Gasteiger partial charge < -0.3 is 20.5 Å². The number of hydrogen-bond donors (Lipinski definition) is 2. The largest absolute Gasteiger partial charge is 0.493 e. The number of hydrogen-bond acceptors (Lipinski definition) is 4. The second kappa shape index (κ2) is 7.88. The predicted molar refractivity (Wildman–Crippen MR) is 83.7 cm³/mol. The number of benzene rings is 1. The van der Waals surface area contributed by atoms with Crippen molar-refractivity contribution in [2.45, 2.75) is 26.7 Å². The molecule has 0 fully saturated rings. The van der Waals surface area contributed by atoms with Gasteiger partial charge in [-0.3, -0.25) is 4.79 Å². The molecule has 1 amide bonds. The first-order valence-electron chi connectivity index (χ1n) is 7.09. The minimum Gasteiger partial charge on any atom is -0.493 e. The molecule has 118 valence electrons. The van der Waals surface area contributed by atoms with Crippen LogP contribution in [-0.4, -0.2) is 33.2 Å². The van der Waals surface area contributed by atoms with Crippen LogP contribution in [0.15, 0.2) is 18.2 Å². The molecule has 1 aromatic carbocycles. The Labute approximate surface area is 126 Å². The Morgan fingerprint density at radius 3 is 2.48 bits per heavy atom. The fourth-order valence-corrected chi connectivity index (χ4v) is 2.06. The third-order valence-corrected chi connectivity index (χ3v) is 3.40. The average Bonchev–Trinajstić information content (AvgIpc) is 2.45. The van der Waals surface area contributed by atoms with Crippen molar-refractivity contribution in [3.8, 4) is 11.5 Å². The van der Waals surface area contributed by atoms with Crippen molar-refractivity contribution in [3.05, 3.63) is 23.8 Å². The summed E-state index contributed by atoms with van der Waals surface area (Å²) in [6, 6.07) is 5.50. The van der Waals surface area contributed by atoms with Crippen LogP contribution in [0, 0.1) is 5.41 Å². The highest BCUT2D eigenvalue weighted by molar-refractivity contribution is 5.78. The molecule has 21 heavy (non-hydrogen) atoms. The predicted octanol–water partition coefficient (Wildman–Crippen LogP) is 1.74. The zero-order valence-corrected chi connectivity index (χ0v) is 13.4. The van der Waals surface area contributed by atoms with Gasteiger partial charge in [0.15, 0.2) is 11.5 Å². The summed E-state index contributed by atoms with van der Waals surface area (Å²) in [6.07, 6.45) is 1.20. The quantitative estimate of drug-likeness (QED) is 0.766. The first-order chi connectivity index (χ1) is 9.91. The molecule has 5 heteroatoms. The highest BCUT2D eigenvalue weighted by Gasteiger charge is 2.18. The molecule has 0 unspecified atom stereocenters. The fourth-order valence-electron chi connectivity index (χ4n) is 2.06. The Hall–Kier alpha value is -1.75. The fraction of sp³-hybridized carbons (Fsp3) is 0.562. The van der Waals surface area contributed by atoms with Crippen LogP contribution in [0.5, 0.6) is 11.5 Å². The summed E-state index contributed by atoms with van der Waals surface area (Å²) in [4.78, 5) is 12.0. The average molecular weight is 294 g/mol. The van der Waals surface area contributed by atoms with Crippen LogP contribution >= 0.6 is 0 Å². The summed E-state index contributed by atoms with van der Waals surface area (Å²) in [5.74, 6) is 1.28. The van der Waals surface area contributed by atoms with Crippen molar-refractivity contribution >= 4 is 5.91 Å². The van der Waals surface area contributed by atoms with Crippen LogP contribution in [0.3, 0.4) is 0 Å². The normalized spacial score (nSPS) is 11.1. The lowest BCUT2D eigenvalue weighted by molar-refractivity contribution is -0.120. The number of nitrogens with two attached hydrogens (primary N) is 1. The van der Waals surface area contributed by atoms with Crippen molar-refractivity contribution in [1.82, 2.24) is 5.32 Å². The van der Waals surface area contributed by atoms with Crippen molar-refractivity contribution < 1.29 is 14.3 Å². The van der Waals surface area contributed by atoms with Gasteiger partial charge in [0.1, 0.15) is 0 Å². The van der Waals surface area contributed by atoms with Gasteiger partial charge in [0.2, 0.25) is 5.91 Å². The maximum atomic E-state index is 12.0. The first-order valence-corrected chi connectivity index (χ1v) is 7.09. The Morgan fingerprint density at radius 2 is 1.90 bits per heavy atom. The van der Waals surface area contributed by atoms with Crippen LogP contribution in [-0.2, 0) is 11.2 Å². The zero-order chi connectivity index (χ0) is 15.9. The molecule has 0 radical (unpaired) electrons. The summed E-state index contributed by atoms with van der Waals surface area (Å²) in [5, 5.41) is 2.96. The lowest BCUT2D eigenvalue weighted by Gasteiger charge is -2.24. The molecule has 0 aliphatic carbocycles. The molecule has 1 aromatic rings. The molecule has 0 aromatic heterocycles. The minimum atomic E-state index is -0.00711. The SMILES string of the molecule is COc1ccc(CC(=O)NCC(C)(C)CCN)cc1OC. The van der Waals surface area contributed by atoms with Gasteiger partial charge in [-0.25, -0.2) is 0 Å². The number of nitrogens with one attached hydrogen (secondary N) is 1. The van der Waals surface area contributed by atoms with E-state index in [1.807, 2.05) is 12.1 Å². The van der Waals surface area contributed by atoms with Gasteiger partial charge in [0, 0.05) is 6.54 Å². The smallest absolute Gasteiger partial charge is 0.224 e. The number of methoxy groups -OCH3 is 2. The van der Waals surface area contributed by atoms with E-state index in [-0.39, 0.29) is 11.3 Å². The van der Waals surface area contributed by atoms with Crippen molar-refractivity contribution in [2.75, 3.05) is 27.3 Å². The topological polar surface area (TPSA) is 73.6 Å². The van der Waals surface area contributed by atoms with Crippen LogP contribution in [0.25, 0.3) is 0 Å². The van der Waals surface area contributed by atoms with Crippen molar-refractivity contribution in [3.63, 3.8) is 0 Å². The molecule has 0 spiro atoms. The van der Waals surface area contributed by atoms with E-state index in [4.69, 9.17) is 15.2 Å². The summed E-state index contributed by atoms with van der Waals surface area (Å²) in [7, 11) is 3.17. The highest BCUT2D eigenvalue weighted by atomic mass is 16.5. The van der Waals surface area contributed by atoms with E-state index in [9.17, 15) is 4.79 Å². The van der Waals surface area contributed by atoms with Crippen LogP contribution in [0.4, 0.5) is 0 Å². The Kier molecular flexibility index (Phi) is 6.49. The molecule has 0 saturated heterocycles. The number of carbonyl (C=O) groups excluding carboxylic acids is 1. The van der Waals surface area contributed by atoms with E-state index >= 15 is 0 Å². The van der Waals surface area contributed by atoms with Gasteiger partial charge in [-0.15, -0.1) is 0 Å². The molecule has 0 heterocycles. The van der Waals surface area contributed by atoms with Gasteiger partial charge in [0.05, 0.1) is 20.6 Å². The van der Waals surface area contributed by atoms with Gasteiger partial charge in [-0.1, -0.05) is 19.9 Å². The number of rotatable bonds is 8. The monoisotopic (exact) mass is 294 g/mol. The highest BCUT2D eigenvalue weighted by Crippen LogP contribution is 2.27. The maximum Gasteiger partial charge on any atom is 0.224 e. The molecule has 3 N–H and O–H groups in total. The van der Waals surface area contributed by atoms with Gasteiger partial charge in [0.25, 0.3) is 0 Å². The maximum absolute atomic E-state index is 12.0. The summed E-state index contributed by atoms with van der Waals surface area (Å²) >= 11 is 0. The summed E-state index contributed by atoms with van der Waals surface area (Å²) in [5.41, 5.74) is 6.47. The van der Waals surface area contributed by atoms with E-state index in [2.05, 4.69) is 19.2 Å². The minimum absolute atomic E-state index is 0.00711. The van der Waals surface area contributed by atoms with E-state index in [1.54, 1.807) is 20.3 Å². The third kappa shape index (κ3) is 5.63. The second-order valence-electron chi connectivity index (χ2n) is 5.85. The molecular weight excluding hydrogens is 268 g/mol. The Morgan fingerprint density at radius 1 is 1.24 bits per heavy atom. The van der Waals surface area contributed by atoms with Crippen molar-refractivity contribution in [1.29, 1.82) is 0 Å². The second-order valence-corrected chi connectivity index (χ2v) is 5.85.